The largest absolute Gasteiger partial charge is 0.350 e. The van der Waals surface area contributed by atoms with Crippen LogP contribution in [0.1, 0.15) is 43.7 Å². The van der Waals surface area contributed by atoms with E-state index in [1.165, 1.54) is 18.4 Å². The van der Waals surface area contributed by atoms with Crippen molar-refractivity contribution < 1.29 is 4.79 Å². The molecule has 0 saturated heterocycles. The maximum Gasteiger partial charge on any atom is 0.224 e. The molecular formula is C17H24BrNO. The third kappa shape index (κ3) is 4.08. The van der Waals surface area contributed by atoms with Crippen molar-refractivity contribution in [3.05, 3.63) is 35.4 Å². The Hall–Kier alpha value is -0.830. The molecule has 0 aromatic heterocycles. The molecule has 3 heteroatoms. The SMILES string of the molecule is Cc1cccc(CC(=O)NC2(CBr)CCC(C)CC2)c1. The van der Waals surface area contributed by atoms with Gasteiger partial charge in [0.25, 0.3) is 0 Å². The molecule has 0 bridgehead atoms. The summed E-state index contributed by atoms with van der Waals surface area (Å²) < 4.78 is 0. The Balaban J connectivity index is 1.96. The molecule has 1 amide bonds. The second-order valence-electron chi connectivity index (χ2n) is 6.31. The van der Waals surface area contributed by atoms with Crippen molar-refractivity contribution in [3.8, 4) is 0 Å². The van der Waals surface area contributed by atoms with E-state index in [4.69, 9.17) is 0 Å². The van der Waals surface area contributed by atoms with E-state index in [9.17, 15) is 4.79 Å². The minimum absolute atomic E-state index is 0.0343. The smallest absolute Gasteiger partial charge is 0.224 e. The summed E-state index contributed by atoms with van der Waals surface area (Å²) in [6.45, 7) is 4.36. The number of hydrogen-bond acceptors (Lipinski definition) is 1. The van der Waals surface area contributed by atoms with Crippen LogP contribution < -0.4 is 5.32 Å². The van der Waals surface area contributed by atoms with Gasteiger partial charge in [0.1, 0.15) is 0 Å². The molecule has 0 atom stereocenters. The van der Waals surface area contributed by atoms with E-state index in [1.807, 2.05) is 12.1 Å². The Morgan fingerprint density at radius 1 is 1.40 bits per heavy atom. The van der Waals surface area contributed by atoms with Gasteiger partial charge in [0, 0.05) is 10.9 Å². The van der Waals surface area contributed by atoms with Crippen molar-refractivity contribution in [2.75, 3.05) is 5.33 Å². The standard InChI is InChI=1S/C17H24BrNO/c1-13-6-8-17(12-18,9-7-13)19-16(20)11-15-5-3-4-14(2)10-15/h3-5,10,13H,6-9,11-12H2,1-2H3,(H,19,20). The number of aryl methyl sites for hydroxylation is 1. The highest BCUT2D eigenvalue weighted by atomic mass is 79.9. The number of hydrogen-bond donors (Lipinski definition) is 1. The highest BCUT2D eigenvalue weighted by Gasteiger charge is 2.34. The van der Waals surface area contributed by atoms with Gasteiger partial charge in [0.05, 0.1) is 6.42 Å². The minimum atomic E-state index is -0.0343. The Morgan fingerprint density at radius 3 is 2.70 bits per heavy atom. The van der Waals surface area contributed by atoms with Gasteiger partial charge in [-0.15, -0.1) is 0 Å². The summed E-state index contributed by atoms with van der Waals surface area (Å²) in [6.07, 6.45) is 5.05. The van der Waals surface area contributed by atoms with Crippen LogP contribution in [0.4, 0.5) is 0 Å². The molecule has 1 aliphatic rings. The maximum atomic E-state index is 12.3. The second kappa shape index (κ2) is 6.75. The highest BCUT2D eigenvalue weighted by molar-refractivity contribution is 9.09. The lowest BCUT2D eigenvalue weighted by Crippen LogP contribution is -2.52. The summed E-state index contributed by atoms with van der Waals surface area (Å²) >= 11 is 3.60. The molecule has 20 heavy (non-hydrogen) atoms. The van der Waals surface area contributed by atoms with Gasteiger partial charge >= 0.3 is 0 Å². The summed E-state index contributed by atoms with van der Waals surface area (Å²) in [5.41, 5.74) is 2.27. The topological polar surface area (TPSA) is 29.1 Å². The van der Waals surface area contributed by atoms with Crippen molar-refractivity contribution in [1.82, 2.24) is 5.32 Å². The van der Waals surface area contributed by atoms with Crippen molar-refractivity contribution >= 4 is 21.8 Å². The monoisotopic (exact) mass is 337 g/mol. The predicted octanol–water partition coefficient (Wildman–Crippen LogP) is 4.00. The van der Waals surface area contributed by atoms with Gasteiger partial charge in [-0.05, 0) is 44.1 Å². The van der Waals surface area contributed by atoms with Gasteiger partial charge in [-0.2, -0.15) is 0 Å². The fourth-order valence-electron chi connectivity index (χ4n) is 2.95. The van der Waals surface area contributed by atoms with Crippen LogP contribution in [0.15, 0.2) is 24.3 Å². The van der Waals surface area contributed by atoms with E-state index in [2.05, 4.69) is 47.2 Å². The number of carbonyl (C=O) groups is 1. The molecule has 0 heterocycles. The fourth-order valence-corrected chi connectivity index (χ4v) is 3.66. The molecule has 0 unspecified atom stereocenters. The van der Waals surface area contributed by atoms with Gasteiger partial charge in [-0.3, -0.25) is 4.79 Å². The van der Waals surface area contributed by atoms with E-state index >= 15 is 0 Å². The summed E-state index contributed by atoms with van der Waals surface area (Å²) in [5, 5.41) is 4.14. The Kier molecular flexibility index (Phi) is 5.25. The van der Waals surface area contributed by atoms with Crippen molar-refractivity contribution in [1.29, 1.82) is 0 Å². The summed E-state index contributed by atoms with van der Waals surface area (Å²) in [4.78, 5) is 12.3. The number of rotatable bonds is 4. The number of carbonyl (C=O) groups excluding carboxylic acids is 1. The van der Waals surface area contributed by atoms with Crippen LogP contribution >= 0.6 is 15.9 Å². The molecule has 1 N–H and O–H groups in total. The van der Waals surface area contributed by atoms with Crippen molar-refractivity contribution in [3.63, 3.8) is 0 Å². The Bertz CT molecular complexity index is 464. The Morgan fingerprint density at radius 2 is 2.10 bits per heavy atom. The zero-order valence-corrected chi connectivity index (χ0v) is 14.0. The molecule has 1 saturated carbocycles. The molecule has 1 aromatic carbocycles. The average molecular weight is 338 g/mol. The quantitative estimate of drug-likeness (QED) is 0.826. The fraction of sp³-hybridized carbons (Fsp3) is 0.588. The number of halogens is 1. The second-order valence-corrected chi connectivity index (χ2v) is 6.87. The number of alkyl halides is 1. The molecular weight excluding hydrogens is 314 g/mol. The molecule has 1 aliphatic carbocycles. The lowest BCUT2D eigenvalue weighted by molar-refractivity contribution is -0.122. The highest BCUT2D eigenvalue weighted by Crippen LogP contribution is 2.33. The van der Waals surface area contributed by atoms with Crippen LogP contribution in [0.25, 0.3) is 0 Å². The number of nitrogens with one attached hydrogen (secondary N) is 1. The normalized spacial score (nSPS) is 26.2. The van der Waals surface area contributed by atoms with Crippen LogP contribution in [0.3, 0.4) is 0 Å². The molecule has 1 aromatic rings. The first-order valence-electron chi connectivity index (χ1n) is 7.45. The first-order chi connectivity index (χ1) is 9.53. The van der Waals surface area contributed by atoms with Crippen LogP contribution in [-0.4, -0.2) is 16.8 Å². The van der Waals surface area contributed by atoms with Gasteiger partial charge < -0.3 is 5.32 Å². The van der Waals surface area contributed by atoms with Gasteiger partial charge in [-0.25, -0.2) is 0 Å². The Labute approximate surface area is 130 Å². The minimum Gasteiger partial charge on any atom is -0.350 e. The third-order valence-electron chi connectivity index (χ3n) is 4.34. The summed E-state index contributed by atoms with van der Waals surface area (Å²) in [7, 11) is 0. The van der Waals surface area contributed by atoms with Crippen LogP contribution in [-0.2, 0) is 11.2 Å². The molecule has 110 valence electrons. The van der Waals surface area contributed by atoms with E-state index < -0.39 is 0 Å². The molecule has 2 nitrogen and oxygen atoms in total. The average Bonchev–Trinajstić information content (AvgIpc) is 2.41. The molecule has 2 rings (SSSR count). The lowest BCUT2D eigenvalue weighted by Gasteiger charge is -2.39. The van der Waals surface area contributed by atoms with E-state index in [0.717, 1.165) is 29.7 Å². The van der Waals surface area contributed by atoms with Gasteiger partial charge in [0.2, 0.25) is 5.91 Å². The zero-order valence-electron chi connectivity index (χ0n) is 12.4. The number of benzene rings is 1. The third-order valence-corrected chi connectivity index (χ3v) is 5.41. The first-order valence-corrected chi connectivity index (χ1v) is 8.58. The van der Waals surface area contributed by atoms with Crippen molar-refractivity contribution in [2.45, 2.75) is 51.5 Å². The van der Waals surface area contributed by atoms with Crippen LogP contribution in [0.2, 0.25) is 0 Å². The zero-order chi connectivity index (χ0) is 14.6. The van der Waals surface area contributed by atoms with Crippen LogP contribution in [0, 0.1) is 12.8 Å². The van der Waals surface area contributed by atoms with E-state index in [1.54, 1.807) is 0 Å². The first kappa shape index (κ1) is 15.6. The maximum absolute atomic E-state index is 12.3. The summed E-state index contributed by atoms with van der Waals surface area (Å²) in [5.74, 6) is 0.931. The van der Waals surface area contributed by atoms with Crippen LogP contribution in [0.5, 0.6) is 0 Å². The molecule has 1 fully saturated rings. The van der Waals surface area contributed by atoms with E-state index in [-0.39, 0.29) is 11.4 Å². The van der Waals surface area contributed by atoms with Crippen molar-refractivity contribution in [2.24, 2.45) is 5.92 Å². The number of amides is 1. The molecule has 0 radical (unpaired) electrons. The summed E-state index contributed by atoms with van der Waals surface area (Å²) in [6, 6.07) is 8.18. The lowest BCUT2D eigenvalue weighted by atomic mass is 9.78. The molecule has 0 spiro atoms. The van der Waals surface area contributed by atoms with Gasteiger partial charge in [0.15, 0.2) is 0 Å². The van der Waals surface area contributed by atoms with Gasteiger partial charge in [-0.1, -0.05) is 52.7 Å². The molecule has 0 aliphatic heterocycles. The predicted molar refractivity (Wildman–Crippen MR) is 87.2 cm³/mol. The van der Waals surface area contributed by atoms with E-state index in [0.29, 0.717) is 6.42 Å².